The molecule has 0 fully saturated rings. The minimum Gasteiger partial charge on any atom is -0.478 e. The standard InChI is InChI=1S/C17H12ClNO2/c1-10-15(17(20)21)13-4-2-3-5-14(13)19-16(10)11-6-8-12(18)9-7-11/h2-9H,1H3,(H,20,21). The van der Waals surface area contributed by atoms with Crippen LogP contribution in [0.1, 0.15) is 15.9 Å². The fourth-order valence-electron chi connectivity index (χ4n) is 2.47. The molecule has 0 atom stereocenters. The van der Waals surface area contributed by atoms with Crippen LogP contribution in [0.5, 0.6) is 0 Å². The molecular weight excluding hydrogens is 286 g/mol. The summed E-state index contributed by atoms with van der Waals surface area (Å²) in [7, 11) is 0. The first-order valence-corrected chi connectivity index (χ1v) is 6.84. The van der Waals surface area contributed by atoms with E-state index < -0.39 is 5.97 Å². The van der Waals surface area contributed by atoms with Gasteiger partial charge in [0, 0.05) is 16.0 Å². The van der Waals surface area contributed by atoms with Crippen molar-refractivity contribution in [2.45, 2.75) is 6.92 Å². The van der Waals surface area contributed by atoms with Crippen LogP contribution in [-0.4, -0.2) is 16.1 Å². The molecule has 0 saturated carbocycles. The molecule has 3 nitrogen and oxygen atoms in total. The molecule has 1 aromatic heterocycles. The SMILES string of the molecule is Cc1c(-c2ccc(Cl)cc2)nc2ccccc2c1C(=O)O. The fourth-order valence-corrected chi connectivity index (χ4v) is 2.60. The summed E-state index contributed by atoms with van der Waals surface area (Å²) < 4.78 is 0. The Morgan fingerprint density at radius 3 is 2.43 bits per heavy atom. The average Bonchev–Trinajstić information content (AvgIpc) is 2.47. The lowest BCUT2D eigenvalue weighted by Crippen LogP contribution is -2.04. The summed E-state index contributed by atoms with van der Waals surface area (Å²) in [5.74, 6) is -0.943. The number of carboxylic acid groups (broad SMARTS) is 1. The van der Waals surface area contributed by atoms with Crippen LogP contribution < -0.4 is 0 Å². The number of para-hydroxylation sites is 1. The molecule has 0 spiro atoms. The molecule has 0 unspecified atom stereocenters. The van der Waals surface area contributed by atoms with Crippen LogP contribution in [0, 0.1) is 6.92 Å². The summed E-state index contributed by atoms with van der Waals surface area (Å²) in [6.45, 7) is 1.78. The third-order valence-electron chi connectivity index (χ3n) is 3.47. The summed E-state index contributed by atoms with van der Waals surface area (Å²) in [6, 6.07) is 14.5. The highest BCUT2D eigenvalue weighted by Crippen LogP contribution is 2.30. The quantitative estimate of drug-likeness (QED) is 0.754. The molecule has 4 heteroatoms. The number of nitrogens with zero attached hydrogens (tertiary/aromatic N) is 1. The van der Waals surface area contributed by atoms with Crippen LogP contribution >= 0.6 is 11.6 Å². The lowest BCUT2D eigenvalue weighted by atomic mass is 9.98. The summed E-state index contributed by atoms with van der Waals surface area (Å²) in [5, 5.41) is 10.8. The highest BCUT2D eigenvalue weighted by atomic mass is 35.5. The second-order valence-corrected chi connectivity index (χ2v) is 5.23. The van der Waals surface area contributed by atoms with E-state index in [0.29, 0.717) is 32.7 Å². The number of fused-ring (bicyclic) bond motifs is 1. The van der Waals surface area contributed by atoms with Crippen LogP contribution in [-0.2, 0) is 0 Å². The zero-order valence-corrected chi connectivity index (χ0v) is 12.1. The minimum absolute atomic E-state index is 0.297. The molecule has 0 amide bonds. The molecule has 21 heavy (non-hydrogen) atoms. The minimum atomic E-state index is -0.943. The monoisotopic (exact) mass is 297 g/mol. The van der Waals surface area contributed by atoms with Gasteiger partial charge in [-0.15, -0.1) is 0 Å². The summed E-state index contributed by atoms with van der Waals surface area (Å²) in [4.78, 5) is 16.2. The van der Waals surface area contributed by atoms with Gasteiger partial charge in [0.15, 0.2) is 0 Å². The zero-order valence-electron chi connectivity index (χ0n) is 11.3. The third-order valence-corrected chi connectivity index (χ3v) is 3.72. The number of carbonyl (C=O) groups is 1. The topological polar surface area (TPSA) is 50.2 Å². The van der Waals surface area contributed by atoms with Gasteiger partial charge < -0.3 is 5.11 Å². The highest BCUT2D eigenvalue weighted by Gasteiger charge is 2.17. The first-order valence-electron chi connectivity index (χ1n) is 6.46. The number of hydrogen-bond acceptors (Lipinski definition) is 2. The van der Waals surface area contributed by atoms with Gasteiger partial charge in [0.2, 0.25) is 0 Å². The molecule has 0 saturated heterocycles. The Bertz CT molecular complexity index is 841. The van der Waals surface area contributed by atoms with Crippen molar-refractivity contribution in [2.24, 2.45) is 0 Å². The first kappa shape index (κ1) is 13.6. The Morgan fingerprint density at radius 2 is 1.76 bits per heavy atom. The Kier molecular flexibility index (Phi) is 3.35. The number of aromatic carboxylic acids is 1. The second-order valence-electron chi connectivity index (χ2n) is 4.79. The van der Waals surface area contributed by atoms with Gasteiger partial charge in [-0.3, -0.25) is 0 Å². The fraction of sp³-hybridized carbons (Fsp3) is 0.0588. The van der Waals surface area contributed by atoms with E-state index in [1.165, 1.54) is 0 Å². The summed E-state index contributed by atoms with van der Waals surface area (Å²) in [6.07, 6.45) is 0. The number of benzene rings is 2. The van der Waals surface area contributed by atoms with Gasteiger partial charge in [0.25, 0.3) is 0 Å². The van der Waals surface area contributed by atoms with Crippen LogP contribution in [0.2, 0.25) is 5.02 Å². The summed E-state index contributed by atoms with van der Waals surface area (Å²) in [5.41, 5.74) is 3.15. The number of pyridine rings is 1. The predicted molar refractivity (Wildman–Crippen MR) is 83.9 cm³/mol. The van der Waals surface area contributed by atoms with Crippen LogP contribution in [0.3, 0.4) is 0 Å². The van der Waals surface area contributed by atoms with E-state index in [9.17, 15) is 9.90 Å². The Balaban J connectivity index is 2.36. The molecule has 3 aromatic rings. The zero-order chi connectivity index (χ0) is 15.0. The van der Waals surface area contributed by atoms with Crippen LogP contribution in [0.25, 0.3) is 22.2 Å². The van der Waals surface area contributed by atoms with E-state index in [2.05, 4.69) is 4.98 Å². The molecule has 1 N–H and O–H groups in total. The van der Waals surface area contributed by atoms with Gasteiger partial charge in [-0.05, 0) is 30.7 Å². The number of hydrogen-bond donors (Lipinski definition) is 1. The molecule has 0 aliphatic heterocycles. The van der Waals surface area contributed by atoms with E-state index in [0.717, 1.165) is 5.56 Å². The van der Waals surface area contributed by atoms with E-state index in [1.54, 1.807) is 25.1 Å². The van der Waals surface area contributed by atoms with Crippen molar-refractivity contribution in [3.05, 3.63) is 64.7 Å². The van der Waals surface area contributed by atoms with E-state index in [-0.39, 0.29) is 0 Å². The van der Waals surface area contributed by atoms with E-state index >= 15 is 0 Å². The van der Waals surface area contributed by atoms with Crippen LogP contribution in [0.15, 0.2) is 48.5 Å². The molecule has 0 radical (unpaired) electrons. The smallest absolute Gasteiger partial charge is 0.336 e. The lowest BCUT2D eigenvalue weighted by molar-refractivity contribution is 0.0698. The molecular formula is C17H12ClNO2. The Labute approximate surface area is 126 Å². The van der Waals surface area contributed by atoms with Crippen molar-refractivity contribution in [2.75, 3.05) is 0 Å². The van der Waals surface area contributed by atoms with E-state index in [1.807, 2.05) is 30.3 Å². The molecule has 1 heterocycles. The third kappa shape index (κ3) is 2.36. The van der Waals surface area contributed by atoms with Crippen molar-refractivity contribution >= 4 is 28.5 Å². The maximum absolute atomic E-state index is 11.6. The lowest BCUT2D eigenvalue weighted by Gasteiger charge is -2.12. The van der Waals surface area contributed by atoms with Gasteiger partial charge in [-0.1, -0.05) is 41.9 Å². The van der Waals surface area contributed by atoms with Crippen LogP contribution in [0.4, 0.5) is 0 Å². The Hall–Kier alpha value is -2.39. The van der Waals surface area contributed by atoms with Crippen molar-refractivity contribution in [1.82, 2.24) is 4.98 Å². The van der Waals surface area contributed by atoms with Gasteiger partial charge in [-0.25, -0.2) is 9.78 Å². The molecule has 0 aliphatic carbocycles. The maximum Gasteiger partial charge on any atom is 0.336 e. The van der Waals surface area contributed by atoms with Crippen molar-refractivity contribution < 1.29 is 9.90 Å². The molecule has 2 aromatic carbocycles. The second kappa shape index (κ2) is 5.19. The summed E-state index contributed by atoms with van der Waals surface area (Å²) >= 11 is 5.90. The van der Waals surface area contributed by atoms with Crippen molar-refractivity contribution in [3.63, 3.8) is 0 Å². The number of rotatable bonds is 2. The number of carboxylic acids is 1. The van der Waals surface area contributed by atoms with Gasteiger partial charge in [-0.2, -0.15) is 0 Å². The number of aromatic nitrogens is 1. The highest BCUT2D eigenvalue weighted by molar-refractivity contribution is 6.30. The maximum atomic E-state index is 11.6. The Morgan fingerprint density at radius 1 is 1.10 bits per heavy atom. The molecule has 0 aliphatic rings. The van der Waals surface area contributed by atoms with Crippen molar-refractivity contribution in [1.29, 1.82) is 0 Å². The molecule has 104 valence electrons. The largest absolute Gasteiger partial charge is 0.478 e. The molecule has 0 bridgehead atoms. The van der Waals surface area contributed by atoms with Gasteiger partial charge in [0.05, 0.1) is 16.8 Å². The predicted octanol–water partition coefficient (Wildman–Crippen LogP) is 4.56. The average molecular weight is 298 g/mol. The molecule has 3 rings (SSSR count). The number of halogens is 1. The van der Waals surface area contributed by atoms with Gasteiger partial charge in [0.1, 0.15) is 0 Å². The van der Waals surface area contributed by atoms with Gasteiger partial charge >= 0.3 is 5.97 Å². The van der Waals surface area contributed by atoms with Crippen molar-refractivity contribution in [3.8, 4) is 11.3 Å². The normalized spacial score (nSPS) is 10.8. The van der Waals surface area contributed by atoms with E-state index in [4.69, 9.17) is 11.6 Å². The first-order chi connectivity index (χ1) is 10.1.